The standard InChI is InChI=1S/C21H19F3N3O2S2Si/c1-30-10-11-32(27-18(28)15-8-5-9-16(12-15)21(22,23)24)20(29)26-19-25-17(13-31-19)14-6-3-2-4-7-14/h2-9,12-13H,10-11H2,1H3,(H,27,28)(H,25,26,29). The van der Waals surface area contributed by atoms with Crippen LogP contribution in [0.2, 0.25) is 6.04 Å². The van der Waals surface area contributed by atoms with Crippen LogP contribution in [-0.2, 0) is 6.18 Å². The zero-order chi connectivity index (χ0) is 23.1. The lowest BCUT2D eigenvalue weighted by molar-refractivity contribution is -0.137. The third-order valence-corrected chi connectivity index (χ3v) is 8.03. The SMILES string of the molecule is CSCC[Si](NC(=O)c1cccc(C(F)(F)F)c1)C(=O)Nc1nc(-c2ccccc2)cs1. The first-order valence-corrected chi connectivity index (χ1v) is 13.4. The monoisotopic (exact) mass is 494 g/mol. The van der Waals surface area contributed by atoms with Crippen LogP contribution in [0.5, 0.6) is 0 Å². The van der Waals surface area contributed by atoms with Crippen molar-refractivity contribution < 1.29 is 22.8 Å². The quantitative estimate of drug-likeness (QED) is 0.393. The molecule has 32 heavy (non-hydrogen) atoms. The Bertz CT molecular complexity index is 1080. The molecule has 11 heteroatoms. The number of amides is 2. The summed E-state index contributed by atoms with van der Waals surface area (Å²) in [7, 11) is -2.12. The van der Waals surface area contributed by atoms with Crippen LogP contribution < -0.4 is 10.3 Å². The van der Waals surface area contributed by atoms with Gasteiger partial charge in [-0.05, 0) is 36.3 Å². The van der Waals surface area contributed by atoms with Crippen molar-refractivity contribution in [3.63, 3.8) is 0 Å². The molecule has 1 heterocycles. The van der Waals surface area contributed by atoms with Crippen molar-refractivity contribution in [1.82, 2.24) is 9.97 Å². The number of carbonyl (C=O) groups excluding carboxylic acids is 2. The van der Waals surface area contributed by atoms with Gasteiger partial charge in [0.05, 0.1) is 11.3 Å². The van der Waals surface area contributed by atoms with Crippen LogP contribution >= 0.6 is 23.1 Å². The molecule has 0 unspecified atom stereocenters. The number of alkyl halides is 3. The normalized spacial score (nSPS) is 11.4. The van der Waals surface area contributed by atoms with Crippen molar-refractivity contribution in [2.45, 2.75) is 12.2 Å². The fourth-order valence-corrected chi connectivity index (χ4v) is 6.32. The summed E-state index contributed by atoms with van der Waals surface area (Å²) >= 11 is 2.78. The number of hydrogen-bond donors (Lipinski definition) is 2. The third-order valence-electron chi connectivity index (χ3n) is 4.34. The first-order valence-electron chi connectivity index (χ1n) is 9.43. The van der Waals surface area contributed by atoms with Crippen LogP contribution in [0, 0.1) is 0 Å². The zero-order valence-corrected chi connectivity index (χ0v) is 19.5. The molecule has 0 saturated carbocycles. The lowest BCUT2D eigenvalue weighted by atomic mass is 10.1. The highest BCUT2D eigenvalue weighted by Crippen LogP contribution is 2.29. The molecule has 0 aliphatic heterocycles. The number of carbonyl (C=O) groups is 2. The number of aromatic nitrogens is 1. The van der Waals surface area contributed by atoms with Crippen LogP contribution in [0.1, 0.15) is 15.9 Å². The van der Waals surface area contributed by atoms with Crippen LogP contribution in [0.4, 0.5) is 23.1 Å². The van der Waals surface area contributed by atoms with E-state index in [1.54, 1.807) is 0 Å². The average Bonchev–Trinajstić information content (AvgIpc) is 3.25. The van der Waals surface area contributed by atoms with Gasteiger partial charge < -0.3 is 10.3 Å². The second kappa shape index (κ2) is 10.8. The number of nitrogens with zero attached hydrogens (tertiary/aromatic N) is 1. The Morgan fingerprint density at radius 2 is 1.88 bits per heavy atom. The van der Waals surface area contributed by atoms with E-state index in [0.717, 1.165) is 23.4 Å². The second-order valence-corrected chi connectivity index (χ2v) is 10.6. The summed E-state index contributed by atoms with van der Waals surface area (Å²) in [6, 6.07) is 14.1. The van der Waals surface area contributed by atoms with Crippen molar-refractivity contribution >= 4 is 48.6 Å². The number of hydrogen-bond acceptors (Lipinski definition) is 5. The molecule has 2 aromatic carbocycles. The van der Waals surface area contributed by atoms with Crippen LogP contribution in [0.3, 0.4) is 0 Å². The number of nitrogens with one attached hydrogen (secondary N) is 2. The maximum atomic E-state index is 13.0. The number of benzene rings is 2. The summed E-state index contributed by atoms with van der Waals surface area (Å²) in [4.78, 5) is 32.5. The first kappa shape index (κ1) is 24.0. The molecule has 1 radical (unpaired) electrons. The topological polar surface area (TPSA) is 71.1 Å². The molecular weight excluding hydrogens is 475 g/mol. The Labute approximate surface area is 193 Å². The summed E-state index contributed by atoms with van der Waals surface area (Å²) in [5.74, 6) is -0.0806. The van der Waals surface area contributed by atoms with Gasteiger partial charge in [0.25, 0.3) is 8.96 Å². The van der Waals surface area contributed by atoms with E-state index in [-0.39, 0.29) is 11.1 Å². The Morgan fingerprint density at radius 3 is 2.56 bits per heavy atom. The average molecular weight is 495 g/mol. The van der Waals surface area contributed by atoms with E-state index >= 15 is 0 Å². The van der Waals surface area contributed by atoms with E-state index in [0.29, 0.717) is 16.9 Å². The zero-order valence-electron chi connectivity index (χ0n) is 16.9. The van der Waals surface area contributed by atoms with Gasteiger partial charge in [-0.25, -0.2) is 4.98 Å². The Morgan fingerprint density at radius 1 is 1.12 bits per heavy atom. The molecule has 0 atom stereocenters. The van der Waals surface area contributed by atoms with Gasteiger partial charge in [-0.2, -0.15) is 24.9 Å². The maximum Gasteiger partial charge on any atom is 0.416 e. The molecular formula is C21H19F3N3O2S2Si. The highest BCUT2D eigenvalue weighted by atomic mass is 32.2. The fourth-order valence-electron chi connectivity index (χ4n) is 2.73. The lowest BCUT2D eigenvalue weighted by Crippen LogP contribution is -2.47. The molecule has 0 spiro atoms. The van der Waals surface area contributed by atoms with Gasteiger partial charge in [0.2, 0.25) is 11.4 Å². The molecule has 3 rings (SSSR count). The van der Waals surface area contributed by atoms with E-state index in [1.807, 2.05) is 42.0 Å². The number of rotatable bonds is 8. The molecule has 0 saturated heterocycles. The molecule has 0 aliphatic carbocycles. The fraction of sp³-hybridized carbons (Fsp3) is 0.190. The van der Waals surface area contributed by atoms with E-state index in [4.69, 9.17) is 0 Å². The first-order chi connectivity index (χ1) is 15.3. The van der Waals surface area contributed by atoms with Crippen molar-refractivity contribution in [3.05, 3.63) is 71.1 Å². The number of thioether (sulfide) groups is 1. The number of anilines is 1. The van der Waals surface area contributed by atoms with Crippen LogP contribution in [-0.4, -0.2) is 37.4 Å². The van der Waals surface area contributed by atoms with Crippen molar-refractivity contribution in [3.8, 4) is 11.3 Å². The molecule has 3 aromatic rings. The highest BCUT2D eigenvalue weighted by molar-refractivity contribution is 7.98. The van der Waals surface area contributed by atoms with Crippen molar-refractivity contribution in [1.29, 1.82) is 0 Å². The van der Waals surface area contributed by atoms with E-state index in [1.165, 1.54) is 35.2 Å². The predicted octanol–water partition coefficient (Wildman–Crippen LogP) is 5.73. The van der Waals surface area contributed by atoms with Gasteiger partial charge in [0.15, 0.2) is 5.13 Å². The molecule has 1 aromatic heterocycles. The van der Waals surface area contributed by atoms with Crippen LogP contribution in [0.15, 0.2) is 60.0 Å². The number of thiazole rings is 1. The maximum absolute atomic E-state index is 13.0. The van der Waals surface area contributed by atoms with Gasteiger partial charge in [-0.3, -0.25) is 9.59 Å². The van der Waals surface area contributed by atoms with E-state index in [2.05, 4.69) is 15.3 Å². The molecule has 0 bridgehead atoms. The Hall–Kier alpha value is -2.63. The van der Waals surface area contributed by atoms with Crippen LogP contribution in [0.25, 0.3) is 11.3 Å². The molecule has 167 valence electrons. The largest absolute Gasteiger partial charge is 0.416 e. The van der Waals surface area contributed by atoms with E-state index < -0.39 is 26.6 Å². The summed E-state index contributed by atoms with van der Waals surface area (Å²) in [5, 5.41) is 4.96. The second-order valence-electron chi connectivity index (χ2n) is 6.61. The molecule has 2 N–H and O–H groups in total. The minimum Gasteiger partial charge on any atom is -0.370 e. The van der Waals surface area contributed by atoms with Gasteiger partial charge >= 0.3 is 6.18 Å². The summed E-state index contributed by atoms with van der Waals surface area (Å²) in [6.07, 6.45) is -2.68. The number of halogens is 3. The highest BCUT2D eigenvalue weighted by Gasteiger charge is 2.32. The van der Waals surface area contributed by atoms with Crippen molar-refractivity contribution in [2.24, 2.45) is 0 Å². The molecule has 0 aliphatic rings. The molecule has 0 fully saturated rings. The Kier molecular flexibility index (Phi) is 8.10. The summed E-state index contributed by atoms with van der Waals surface area (Å²) < 4.78 is 38.9. The predicted molar refractivity (Wildman–Crippen MR) is 124 cm³/mol. The van der Waals surface area contributed by atoms with Gasteiger partial charge in [-0.15, -0.1) is 11.3 Å². The van der Waals surface area contributed by atoms with Crippen molar-refractivity contribution in [2.75, 3.05) is 17.3 Å². The smallest absolute Gasteiger partial charge is 0.370 e. The Balaban J connectivity index is 1.71. The van der Waals surface area contributed by atoms with Gasteiger partial charge in [0.1, 0.15) is 0 Å². The summed E-state index contributed by atoms with van der Waals surface area (Å²) in [6.45, 7) is 0. The lowest BCUT2D eigenvalue weighted by Gasteiger charge is -2.15. The summed E-state index contributed by atoms with van der Waals surface area (Å²) in [5.41, 5.74) is 0.203. The third kappa shape index (κ3) is 6.44. The van der Waals surface area contributed by atoms with Gasteiger partial charge in [-0.1, -0.05) is 36.4 Å². The minimum absolute atomic E-state index is 0.139. The molecule has 5 nitrogen and oxygen atoms in total. The minimum atomic E-state index is -4.55. The van der Waals surface area contributed by atoms with Gasteiger partial charge in [0, 0.05) is 16.5 Å². The van der Waals surface area contributed by atoms with E-state index in [9.17, 15) is 22.8 Å². The molecule has 2 amide bonds.